The lowest BCUT2D eigenvalue weighted by atomic mass is 10.0. The van der Waals surface area contributed by atoms with E-state index in [1.54, 1.807) is 30.3 Å². The Balaban J connectivity index is 3.42. The standard InChI is InChI=1S/C43H69N9O17/c1-22(2)35(42(66)51-30(19-53)41(65)49-28(43(67)68)12-8-9-17-44)52-39(63)27(14-16-34(59)69-21-32(56)31(55)20-54)48-37(61)24(4)46-40(64)29(18-25-10-6-5-7-11-25)50-38(62)26(13-15-33(57)58)47-36(60)23(3)45/h5-7,10-11,22-24,26-32,35,53-56H,8-9,12-21,44-45H2,1-4H3,(H,46,64)(H,47,60)(H,48,61)(H,49,65)(H,50,62)(H,51,66)(H,52,63)(H,57,58)(H,67,68)/t23-,24-,26-,27-,28-,29-,30-,31?,32?,35-/m0/s1. The molecule has 0 aromatic heterocycles. The fourth-order valence-corrected chi connectivity index (χ4v) is 6.13. The number of esters is 1. The minimum atomic E-state index is -1.68. The predicted molar refractivity (Wildman–Crippen MR) is 242 cm³/mol. The van der Waals surface area contributed by atoms with Gasteiger partial charge < -0.3 is 84.1 Å². The molecule has 0 radical (unpaired) electrons. The van der Waals surface area contributed by atoms with Gasteiger partial charge >= 0.3 is 17.9 Å². The summed E-state index contributed by atoms with van der Waals surface area (Å²) in [6.07, 6.45) is -4.76. The van der Waals surface area contributed by atoms with Crippen molar-refractivity contribution < 1.29 is 83.3 Å². The average Bonchev–Trinajstić information content (AvgIpc) is 3.30. The molecule has 0 heterocycles. The van der Waals surface area contributed by atoms with Crippen molar-refractivity contribution in [3.05, 3.63) is 35.9 Å². The summed E-state index contributed by atoms with van der Waals surface area (Å²) in [6.45, 7) is 3.22. The van der Waals surface area contributed by atoms with Gasteiger partial charge in [-0.05, 0) is 64.0 Å². The molecule has 7 amide bonds. The van der Waals surface area contributed by atoms with E-state index in [4.69, 9.17) is 21.3 Å². The van der Waals surface area contributed by atoms with E-state index in [-0.39, 0.29) is 25.8 Å². The molecule has 388 valence electrons. The summed E-state index contributed by atoms with van der Waals surface area (Å²) >= 11 is 0. The molecule has 26 heteroatoms. The Morgan fingerprint density at radius 1 is 0.580 bits per heavy atom. The summed E-state index contributed by atoms with van der Waals surface area (Å²) in [5.74, 6) is -11.3. The third-order valence-corrected chi connectivity index (χ3v) is 10.3. The highest BCUT2D eigenvalue weighted by molar-refractivity contribution is 5.97. The number of unbranched alkanes of at least 4 members (excludes halogenated alkanes) is 1. The summed E-state index contributed by atoms with van der Waals surface area (Å²) in [5, 5.41) is 74.0. The lowest BCUT2D eigenvalue weighted by Crippen LogP contribution is -2.61. The number of carbonyl (C=O) groups is 10. The number of rotatable bonds is 33. The Bertz CT molecular complexity index is 1870. The summed E-state index contributed by atoms with van der Waals surface area (Å²) in [4.78, 5) is 130. The molecule has 10 atom stereocenters. The van der Waals surface area contributed by atoms with Crippen LogP contribution < -0.4 is 48.7 Å². The highest BCUT2D eigenvalue weighted by Crippen LogP contribution is 2.10. The first-order valence-electron chi connectivity index (χ1n) is 22.3. The van der Waals surface area contributed by atoms with E-state index < -0.39 is 165 Å². The highest BCUT2D eigenvalue weighted by Gasteiger charge is 2.35. The van der Waals surface area contributed by atoms with Crippen molar-refractivity contribution in [2.75, 3.05) is 26.4 Å². The molecule has 1 rings (SSSR count). The molecule has 17 N–H and O–H groups in total. The number of carboxylic acids is 2. The molecule has 0 aliphatic carbocycles. The second kappa shape index (κ2) is 31.7. The largest absolute Gasteiger partial charge is 0.481 e. The van der Waals surface area contributed by atoms with Crippen LogP contribution in [-0.4, -0.2) is 177 Å². The fraction of sp³-hybridized carbons (Fsp3) is 0.628. The molecule has 0 fully saturated rings. The Morgan fingerprint density at radius 2 is 1.10 bits per heavy atom. The molecule has 0 bridgehead atoms. The molecule has 0 spiro atoms. The second-order valence-corrected chi connectivity index (χ2v) is 16.5. The number of benzene rings is 1. The number of amides is 7. The SMILES string of the molecule is CC(C)[C@H](NC(=O)[C@H](CCC(=O)OCC(O)C(O)CO)NC(=O)[C@H](C)NC(=O)[C@H](Cc1ccccc1)NC(=O)[C@H](CCC(=O)O)NC(=O)[C@H](C)N)C(=O)N[C@@H](CO)C(=O)N[C@@H](CCCCN)C(=O)O. The predicted octanol–water partition coefficient (Wildman–Crippen LogP) is -5.25. The second-order valence-electron chi connectivity index (χ2n) is 16.5. The Labute approximate surface area is 398 Å². The first-order chi connectivity index (χ1) is 32.4. The van der Waals surface area contributed by atoms with Crippen molar-refractivity contribution in [3.8, 4) is 0 Å². The average molecular weight is 984 g/mol. The topological polar surface area (TPSA) is 438 Å². The molecule has 26 nitrogen and oxygen atoms in total. The van der Waals surface area contributed by atoms with Crippen molar-refractivity contribution in [1.29, 1.82) is 0 Å². The van der Waals surface area contributed by atoms with Crippen LogP contribution in [0.3, 0.4) is 0 Å². The maximum absolute atomic E-state index is 13.9. The van der Waals surface area contributed by atoms with Gasteiger partial charge in [-0.2, -0.15) is 0 Å². The zero-order valence-corrected chi connectivity index (χ0v) is 39.1. The third-order valence-electron chi connectivity index (χ3n) is 10.3. The Morgan fingerprint density at radius 3 is 1.64 bits per heavy atom. The van der Waals surface area contributed by atoms with Gasteiger partial charge in [0.05, 0.1) is 19.3 Å². The lowest BCUT2D eigenvalue weighted by Gasteiger charge is -2.28. The van der Waals surface area contributed by atoms with Gasteiger partial charge in [0.1, 0.15) is 61.1 Å². The van der Waals surface area contributed by atoms with Crippen LogP contribution in [0.1, 0.15) is 78.2 Å². The van der Waals surface area contributed by atoms with Crippen LogP contribution in [0, 0.1) is 5.92 Å². The van der Waals surface area contributed by atoms with Crippen molar-refractivity contribution in [3.63, 3.8) is 0 Å². The number of hydrogen-bond donors (Lipinski definition) is 15. The summed E-state index contributed by atoms with van der Waals surface area (Å²) in [5.41, 5.74) is 11.6. The van der Waals surface area contributed by atoms with E-state index in [2.05, 4.69) is 37.2 Å². The van der Waals surface area contributed by atoms with Crippen LogP contribution in [0.25, 0.3) is 0 Å². The number of aliphatic hydroxyl groups is 4. The van der Waals surface area contributed by atoms with E-state index in [9.17, 15) is 73.5 Å². The van der Waals surface area contributed by atoms with Gasteiger partial charge in [0, 0.05) is 19.3 Å². The number of hydrogen-bond acceptors (Lipinski definition) is 17. The monoisotopic (exact) mass is 983 g/mol. The summed E-state index contributed by atoms with van der Waals surface area (Å²) in [7, 11) is 0. The van der Waals surface area contributed by atoms with Crippen LogP contribution >= 0.6 is 0 Å². The first kappa shape index (κ1) is 60.7. The van der Waals surface area contributed by atoms with Crippen LogP contribution in [0.15, 0.2) is 30.3 Å². The van der Waals surface area contributed by atoms with Gasteiger partial charge in [-0.25, -0.2) is 4.79 Å². The lowest BCUT2D eigenvalue weighted by molar-refractivity contribution is -0.150. The number of aliphatic hydroxyl groups excluding tert-OH is 4. The molecule has 2 unspecified atom stereocenters. The van der Waals surface area contributed by atoms with Crippen LogP contribution in [0.2, 0.25) is 0 Å². The Kier molecular flexibility index (Phi) is 27.9. The zero-order valence-electron chi connectivity index (χ0n) is 39.1. The summed E-state index contributed by atoms with van der Waals surface area (Å²) < 4.78 is 4.93. The first-order valence-corrected chi connectivity index (χ1v) is 22.3. The van der Waals surface area contributed by atoms with Gasteiger partial charge in [-0.15, -0.1) is 0 Å². The summed E-state index contributed by atoms with van der Waals surface area (Å²) in [6, 6.07) is -3.41. The Hall–Kier alpha value is -6.32. The maximum Gasteiger partial charge on any atom is 0.326 e. The minimum Gasteiger partial charge on any atom is -0.481 e. The van der Waals surface area contributed by atoms with Gasteiger partial charge in [-0.3, -0.25) is 43.2 Å². The number of carboxylic acid groups (broad SMARTS) is 2. The van der Waals surface area contributed by atoms with E-state index >= 15 is 0 Å². The number of ether oxygens (including phenoxy) is 1. The molecule has 1 aromatic carbocycles. The van der Waals surface area contributed by atoms with Gasteiger partial charge in [0.15, 0.2) is 0 Å². The smallest absolute Gasteiger partial charge is 0.326 e. The van der Waals surface area contributed by atoms with Gasteiger partial charge in [0.2, 0.25) is 41.4 Å². The fourth-order valence-electron chi connectivity index (χ4n) is 6.13. The molecule has 1 aromatic rings. The minimum absolute atomic E-state index is 0.000573. The van der Waals surface area contributed by atoms with Crippen LogP contribution in [-0.2, 0) is 59.1 Å². The molecule has 0 aliphatic rings. The van der Waals surface area contributed by atoms with Crippen molar-refractivity contribution in [2.24, 2.45) is 17.4 Å². The molecule has 0 saturated heterocycles. The number of carbonyl (C=O) groups excluding carboxylic acids is 8. The van der Waals surface area contributed by atoms with Crippen LogP contribution in [0.5, 0.6) is 0 Å². The van der Waals surface area contributed by atoms with Gasteiger partial charge in [0.25, 0.3) is 0 Å². The van der Waals surface area contributed by atoms with E-state index in [1.807, 2.05) is 0 Å². The molecule has 0 aliphatic heterocycles. The third kappa shape index (κ3) is 23.0. The van der Waals surface area contributed by atoms with Crippen LogP contribution in [0.4, 0.5) is 0 Å². The highest BCUT2D eigenvalue weighted by atomic mass is 16.5. The molecule has 0 saturated carbocycles. The normalized spacial score (nSPS) is 15.5. The maximum atomic E-state index is 13.9. The van der Waals surface area contributed by atoms with Crippen molar-refractivity contribution in [2.45, 2.75) is 140 Å². The number of nitrogens with two attached hydrogens (primary N) is 2. The molecule has 69 heavy (non-hydrogen) atoms. The molecular formula is C43H69N9O17. The quantitative estimate of drug-likeness (QED) is 0.0231. The zero-order chi connectivity index (χ0) is 52.4. The van der Waals surface area contributed by atoms with Crippen molar-refractivity contribution in [1.82, 2.24) is 37.2 Å². The van der Waals surface area contributed by atoms with Gasteiger partial charge in [-0.1, -0.05) is 44.2 Å². The number of aliphatic carboxylic acids is 2. The van der Waals surface area contributed by atoms with E-state index in [1.165, 1.54) is 27.7 Å². The van der Waals surface area contributed by atoms with E-state index in [0.29, 0.717) is 18.4 Å². The van der Waals surface area contributed by atoms with Crippen molar-refractivity contribution >= 4 is 59.3 Å². The number of nitrogens with one attached hydrogen (secondary N) is 7. The van der Waals surface area contributed by atoms with E-state index in [0.717, 1.165) is 0 Å². The molecular weight excluding hydrogens is 915 g/mol.